The zero-order chi connectivity index (χ0) is 18.4. The van der Waals surface area contributed by atoms with Crippen LogP contribution in [0, 0.1) is 0 Å². The number of amides is 2. The van der Waals surface area contributed by atoms with E-state index in [1.165, 1.54) is 34.5 Å². The van der Waals surface area contributed by atoms with Gasteiger partial charge in [-0.2, -0.15) is 0 Å². The van der Waals surface area contributed by atoms with Gasteiger partial charge in [-0.05, 0) is 30.5 Å². The molecule has 2 heterocycles. The molecule has 1 unspecified atom stereocenters. The molecule has 2 rings (SSSR count). The molecule has 0 fully saturated rings. The second kappa shape index (κ2) is 8.98. The average Bonchev–Trinajstić information content (AvgIpc) is 3.23. The van der Waals surface area contributed by atoms with E-state index in [1.54, 1.807) is 30.6 Å². The number of carbonyl (C=O) groups is 3. The van der Waals surface area contributed by atoms with Crippen LogP contribution >= 0.6 is 34.3 Å². The van der Waals surface area contributed by atoms with Gasteiger partial charge in [-0.15, -0.1) is 22.7 Å². The predicted molar refractivity (Wildman–Crippen MR) is 98.0 cm³/mol. The first-order valence-electron chi connectivity index (χ1n) is 7.36. The van der Waals surface area contributed by atoms with Crippen LogP contribution in [0.3, 0.4) is 0 Å². The lowest BCUT2D eigenvalue weighted by Gasteiger charge is -2.17. The smallest absolute Gasteiger partial charge is 0.328 e. The molecule has 0 aromatic carbocycles. The van der Waals surface area contributed by atoms with Crippen LogP contribution in [0.15, 0.2) is 29.6 Å². The van der Waals surface area contributed by atoms with Gasteiger partial charge in [-0.25, -0.2) is 4.79 Å². The zero-order valence-electron chi connectivity index (χ0n) is 13.7. The maximum atomic E-state index is 12.0. The van der Waals surface area contributed by atoms with E-state index in [9.17, 15) is 14.4 Å². The number of halogens is 1. The minimum absolute atomic E-state index is 0.338. The summed E-state index contributed by atoms with van der Waals surface area (Å²) >= 11 is 8.51. The minimum Gasteiger partial charge on any atom is -0.454 e. The highest BCUT2D eigenvalue weighted by molar-refractivity contribution is 7.16. The van der Waals surface area contributed by atoms with Gasteiger partial charge in [0.25, 0.3) is 11.8 Å². The van der Waals surface area contributed by atoms with E-state index in [1.807, 2.05) is 6.07 Å². The van der Waals surface area contributed by atoms with E-state index >= 15 is 0 Å². The van der Waals surface area contributed by atoms with Gasteiger partial charge in [0.05, 0.1) is 15.8 Å². The maximum absolute atomic E-state index is 12.0. The van der Waals surface area contributed by atoms with Gasteiger partial charge >= 0.3 is 5.97 Å². The summed E-state index contributed by atoms with van der Waals surface area (Å²) in [6.45, 7) is 1.52. The van der Waals surface area contributed by atoms with Crippen molar-refractivity contribution in [1.29, 1.82) is 0 Å². The van der Waals surface area contributed by atoms with Gasteiger partial charge in [-0.3, -0.25) is 9.59 Å². The molecule has 0 saturated carbocycles. The van der Waals surface area contributed by atoms with Crippen molar-refractivity contribution in [3.05, 3.63) is 43.7 Å². The average molecular weight is 401 g/mol. The third-order valence-electron chi connectivity index (χ3n) is 3.23. The molecule has 0 aliphatic heterocycles. The Balaban J connectivity index is 1.76. The first-order chi connectivity index (χ1) is 11.9. The molecule has 0 aliphatic carbocycles. The fraction of sp³-hybridized carbons (Fsp3) is 0.312. The van der Waals surface area contributed by atoms with E-state index in [0.29, 0.717) is 15.8 Å². The van der Waals surface area contributed by atoms with Gasteiger partial charge in [0, 0.05) is 11.9 Å². The number of ether oxygens (including phenoxy) is 1. The molecule has 0 bridgehead atoms. The lowest BCUT2D eigenvalue weighted by Crippen LogP contribution is -2.40. The quantitative estimate of drug-likeness (QED) is 0.725. The standard InChI is InChI=1S/C16H17ClN2O4S2/c1-10(18-15(21)12-4-3-7-24-12)16(22)23-9-14(20)19(2)8-11-5-6-13(17)25-11/h3-7,10H,8-9H2,1-2H3,(H,18,21). The molecule has 0 spiro atoms. The molecule has 9 heteroatoms. The normalized spacial score (nSPS) is 11.6. The number of hydrogen-bond donors (Lipinski definition) is 1. The van der Waals surface area contributed by atoms with Crippen LogP contribution in [0.5, 0.6) is 0 Å². The molecular formula is C16H17ClN2O4S2. The molecule has 0 aliphatic rings. The number of thiophene rings is 2. The molecule has 6 nitrogen and oxygen atoms in total. The summed E-state index contributed by atoms with van der Waals surface area (Å²) in [7, 11) is 1.62. The van der Waals surface area contributed by atoms with Crippen molar-refractivity contribution >= 4 is 52.1 Å². The Morgan fingerprint density at radius 1 is 1.32 bits per heavy atom. The number of nitrogens with zero attached hydrogens (tertiary/aromatic N) is 1. The number of nitrogens with one attached hydrogen (secondary N) is 1. The van der Waals surface area contributed by atoms with Crippen molar-refractivity contribution in [2.45, 2.75) is 19.5 Å². The third-order valence-corrected chi connectivity index (χ3v) is 5.32. The van der Waals surface area contributed by atoms with E-state index in [-0.39, 0.29) is 18.4 Å². The number of hydrogen-bond acceptors (Lipinski definition) is 6. The fourth-order valence-electron chi connectivity index (χ4n) is 1.86. The Hall–Kier alpha value is -1.90. The van der Waals surface area contributed by atoms with Gasteiger partial charge in [0.1, 0.15) is 6.04 Å². The van der Waals surface area contributed by atoms with Crippen LogP contribution in [-0.2, 0) is 20.9 Å². The summed E-state index contributed by atoms with van der Waals surface area (Å²) in [5.41, 5.74) is 0. The monoisotopic (exact) mass is 400 g/mol. The second-order valence-corrected chi connectivity index (χ2v) is 7.98. The lowest BCUT2D eigenvalue weighted by atomic mass is 10.3. The number of rotatable bonds is 7. The highest BCUT2D eigenvalue weighted by Crippen LogP contribution is 2.22. The predicted octanol–water partition coefficient (Wildman–Crippen LogP) is 2.78. The van der Waals surface area contributed by atoms with E-state index < -0.39 is 12.0 Å². The summed E-state index contributed by atoms with van der Waals surface area (Å²) in [5, 5.41) is 4.31. The highest BCUT2D eigenvalue weighted by atomic mass is 35.5. The lowest BCUT2D eigenvalue weighted by molar-refractivity contribution is -0.152. The molecule has 134 valence electrons. The Bertz CT molecular complexity index is 745. The van der Waals surface area contributed by atoms with Crippen molar-refractivity contribution in [1.82, 2.24) is 10.2 Å². The van der Waals surface area contributed by atoms with Gasteiger partial charge in [-0.1, -0.05) is 17.7 Å². The molecule has 1 atom stereocenters. The number of esters is 1. The molecule has 0 radical (unpaired) electrons. The maximum Gasteiger partial charge on any atom is 0.328 e. The van der Waals surface area contributed by atoms with Crippen molar-refractivity contribution in [2.75, 3.05) is 13.7 Å². The minimum atomic E-state index is -0.844. The third kappa shape index (κ3) is 5.84. The van der Waals surface area contributed by atoms with Crippen LogP contribution < -0.4 is 5.32 Å². The Kier molecular flexibility index (Phi) is 6.98. The molecule has 2 amide bonds. The van der Waals surface area contributed by atoms with Gasteiger partial charge in [0.2, 0.25) is 0 Å². The molecule has 25 heavy (non-hydrogen) atoms. The van der Waals surface area contributed by atoms with Crippen LogP contribution in [0.4, 0.5) is 0 Å². The summed E-state index contributed by atoms with van der Waals surface area (Å²) in [6.07, 6.45) is 0. The van der Waals surface area contributed by atoms with E-state index in [4.69, 9.17) is 16.3 Å². The SMILES string of the molecule is CC(NC(=O)c1cccs1)C(=O)OCC(=O)N(C)Cc1ccc(Cl)s1. The largest absolute Gasteiger partial charge is 0.454 e. The Labute approximate surface area is 158 Å². The van der Waals surface area contributed by atoms with Gasteiger partial charge < -0.3 is 15.0 Å². The van der Waals surface area contributed by atoms with Gasteiger partial charge in [0.15, 0.2) is 6.61 Å². The topological polar surface area (TPSA) is 75.7 Å². The van der Waals surface area contributed by atoms with E-state index in [2.05, 4.69) is 5.32 Å². The summed E-state index contributed by atoms with van der Waals surface area (Å²) < 4.78 is 5.63. The second-order valence-electron chi connectivity index (χ2n) is 5.24. The van der Waals surface area contributed by atoms with Crippen molar-refractivity contribution in [3.63, 3.8) is 0 Å². The Morgan fingerprint density at radius 3 is 2.68 bits per heavy atom. The van der Waals surface area contributed by atoms with Crippen molar-refractivity contribution in [3.8, 4) is 0 Å². The van der Waals surface area contributed by atoms with Crippen LogP contribution in [0.2, 0.25) is 4.34 Å². The van der Waals surface area contributed by atoms with Crippen molar-refractivity contribution in [2.24, 2.45) is 0 Å². The fourth-order valence-corrected chi connectivity index (χ4v) is 3.63. The zero-order valence-corrected chi connectivity index (χ0v) is 16.0. The molecule has 1 N–H and O–H groups in total. The number of carbonyl (C=O) groups excluding carboxylic acids is 3. The van der Waals surface area contributed by atoms with Crippen LogP contribution in [-0.4, -0.2) is 42.4 Å². The first-order valence-corrected chi connectivity index (χ1v) is 9.43. The molecule has 0 saturated heterocycles. The summed E-state index contributed by atoms with van der Waals surface area (Å²) in [5.74, 6) is -1.35. The van der Waals surface area contributed by atoms with Crippen molar-refractivity contribution < 1.29 is 19.1 Å². The van der Waals surface area contributed by atoms with Crippen LogP contribution in [0.25, 0.3) is 0 Å². The molecule has 2 aromatic rings. The molecule has 2 aromatic heterocycles. The van der Waals surface area contributed by atoms with E-state index in [0.717, 1.165) is 4.88 Å². The summed E-state index contributed by atoms with van der Waals surface area (Å²) in [6, 6.07) is 6.16. The molecular weight excluding hydrogens is 384 g/mol. The van der Waals surface area contributed by atoms with Crippen LogP contribution in [0.1, 0.15) is 21.5 Å². The number of likely N-dealkylation sites (N-methyl/N-ethyl adjacent to an activating group) is 1. The first kappa shape index (κ1) is 19.4. The summed E-state index contributed by atoms with van der Waals surface area (Å²) in [4.78, 5) is 38.7. The highest BCUT2D eigenvalue weighted by Gasteiger charge is 2.20. The Morgan fingerprint density at radius 2 is 2.08 bits per heavy atom.